The topological polar surface area (TPSA) is 76.5 Å². The molecular formula is C29H36N4O3S2. The summed E-state index contributed by atoms with van der Waals surface area (Å²) < 4.78 is 7.59. The van der Waals surface area contributed by atoms with Crippen LogP contribution in [0.3, 0.4) is 0 Å². The number of anilines is 1. The first-order valence-electron chi connectivity index (χ1n) is 13.2. The van der Waals surface area contributed by atoms with Crippen molar-refractivity contribution in [2.24, 2.45) is 0 Å². The molecule has 1 aromatic carbocycles. The van der Waals surface area contributed by atoms with E-state index in [1.165, 1.54) is 0 Å². The van der Waals surface area contributed by atoms with Crippen molar-refractivity contribution in [2.75, 3.05) is 30.3 Å². The van der Waals surface area contributed by atoms with E-state index < -0.39 is 0 Å². The normalized spacial score (nSPS) is 19.9. The predicted molar refractivity (Wildman–Crippen MR) is 155 cm³/mol. The number of thioether (sulfide) groups is 1. The van der Waals surface area contributed by atoms with Crippen LogP contribution in [0, 0.1) is 13.8 Å². The number of rotatable bonds is 6. The van der Waals surface area contributed by atoms with Gasteiger partial charge >= 0.3 is 0 Å². The number of carbonyl (C=O) groups is 2. The van der Waals surface area contributed by atoms with E-state index >= 15 is 0 Å². The highest BCUT2D eigenvalue weighted by Crippen LogP contribution is 2.49. The van der Waals surface area contributed by atoms with Gasteiger partial charge in [-0.15, -0.1) is 11.8 Å². The van der Waals surface area contributed by atoms with Gasteiger partial charge in [-0.25, -0.2) is 4.68 Å². The van der Waals surface area contributed by atoms with Gasteiger partial charge in [0.05, 0.1) is 28.5 Å². The maximum absolute atomic E-state index is 13.7. The fraction of sp³-hybridized carbons (Fsp3) is 0.483. The Kier molecular flexibility index (Phi) is 7.71. The first kappa shape index (κ1) is 27.0. The van der Waals surface area contributed by atoms with Gasteiger partial charge in [0.2, 0.25) is 11.8 Å². The van der Waals surface area contributed by atoms with Crippen molar-refractivity contribution >= 4 is 40.7 Å². The number of amides is 2. The third-order valence-electron chi connectivity index (χ3n) is 7.30. The molecule has 0 bridgehead atoms. The van der Waals surface area contributed by atoms with Crippen LogP contribution in [0.5, 0.6) is 0 Å². The van der Waals surface area contributed by atoms with Gasteiger partial charge in [-0.05, 0) is 66.3 Å². The molecule has 5 rings (SSSR count). The molecule has 1 saturated heterocycles. The Morgan fingerprint density at radius 3 is 2.74 bits per heavy atom. The Bertz CT molecular complexity index is 1320. The second kappa shape index (κ2) is 10.9. The lowest BCUT2D eigenvalue weighted by Crippen LogP contribution is -2.44. The average molecular weight is 553 g/mol. The van der Waals surface area contributed by atoms with Crippen LogP contribution in [0.4, 0.5) is 5.82 Å². The molecule has 0 saturated carbocycles. The lowest BCUT2D eigenvalue weighted by atomic mass is 9.87. The zero-order valence-corrected chi connectivity index (χ0v) is 24.4. The largest absolute Gasteiger partial charge is 0.376 e. The molecule has 1 N–H and O–H groups in total. The van der Waals surface area contributed by atoms with Crippen molar-refractivity contribution in [3.05, 3.63) is 63.0 Å². The molecule has 38 heavy (non-hydrogen) atoms. The predicted octanol–water partition coefficient (Wildman–Crippen LogP) is 5.31. The number of hydrogen-bond acceptors (Lipinski definition) is 6. The Morgan fingerprint density at radius 2 is 2.05 bits per heavy atom. The Balaban J connectivity index is 1.66. The van der Waals surface area contributed by atoms with Gasteiger partial charge < -0.3 is 10.1 Å². The molecular weight excluding hydrogens is 516 g/mol. The summed E-state index contributed by atoms with van der Waals surface area (Å²) in [5.41, 5.74) is 6.00. The molecule has 4 heterocycles. The number of fused-ring (bicyclic) bond motifs is 1. The van der Waals surface area contributed by atoms with Crippen LogP contribution in [0.15, 0.2) is 35.0 Å². The van der Waals surface area contributed by atoms with Crippen molar-refractivity contribution in [1.29, 1.82) is 0 Å². The molecule has 2 aliphatic rings. The monoisotopic (exact) mass is 552 g/mol. The molecule has 7 nitrogen and oxygen atoms in total. The number of nitrogens with one attached hydrogen (secondary N) is 1. The van der Waals surface area contributed by atoms with Gasteiger partial charge in [-0.2, -0.15) is 16.4 Å². The van der Waals surface area contributed by atoms with Crippen molar-refractivity contribution < 1.29 is 14.3 Å². The fourth-order valence-corrected chi connectivity index (χ4v) is 7.09. The minimum atomic E-state index is -0.275. The summed E-state index contributed by atoms with van der Waals surface area (Å²) in [5, 5.41) is 12.4. The summed E-state index contributed by atoms with van der Waals surface area (Å²) in [6.07, 6.45) is 2.00. The Hall–Kier alpha value is -2.62. The summed E-state index contributed by atoms with van der Waals surface area (Å²) >= 11 is 3.27. The SMILES string of the molecule is Cc1cccc(-n2nc(C(C)(C)C)c3c2N(CC(=O)NC[C@H]2CCCO2)C(=O)CS[C@@H]3c2ccsc2)c1C. The quantitative estimate of drug-likeness (QED) is 0.448. The van der Waals surface area contributed by atoms with E-state index in [-0.39, 0.29) is 40.9 Å². The standard InChI is InChI=1S/C29H36N4O3S2/c1-18-8-6-10-22(19(18)2)33-28-25(27(31-33)29(3,4)5)26(20-11-13-37-16-20)38-17-24(35)32(28)15-23(34)30-14-21-9-7-12-36-21/h6,8,10-11,13,16,21,26H,7,9,12,14-15,17H2,1-5H3,(H,30,34)/t21-,26-/m1/s1. The van der Waals surface area contributed by atoms with E-state index in [1.807, 2.05) is 16.8 Å². The smallest absolute Gasteiger partial charge is 0.240 e. The number of benzene rings is 1. The highest BCUT2D eigenvalue weighted by Gasteiger charge is 2.40. The van der Waals surface area contributed by atoms with Crippen LogP contribution < -0.4 is 10.2 Å². The molecule has 0 aliphatic carbocycles. The first-order chi connectivity index (χ1) is 18.1. The van der Waals surface area contributed by atoms with Crippen LogP contribution >= 0.6 is 23.1 Å². The number of aryl methyl sites for hydroxylation is 1. The van der Waals surface area contributed by atoms with Crippen LogP contribution in [-0.2, 0) is 19.7 Å². The summed E-state index contributed by atoms with van der Waals surface area (Å²) in [4.78, 5) is 28.6. The first-order valence-corrected chi connectivity index (χ1v) is 15.2. The highest BCUT2D eigenvalue weighted by molar-refractivity contribution is 8.00. The van der Waals surface area contributed by atoms with Crippen LogP contribution in [0.2, 0.25) is 0 Å². The molecule has 0 unspecified atom stereocenters. The third-order valence-corrected chi connectivity index (χ3v) is 9.26. The minimum absolute atomic E-state index is 0.0424. The van der Waals surface area contributed by atoms with Gasteiger partial charge in [0.25, 0.3) is 0 Å². The molecule has 2 aliphatic heterocycles. The molecule has 9 heteroatoms. The molecule has 2 aromatic heterocycles. The minimum Gasteiger partial charge on any atom is -0.376 e. The van der Waals surface area contributed by atoms with E-state index in [9.17, 15) is 9.59 Å². The number of carbonyl (C=O) groups excluding carboxylic acids is 2. The zero-order valence-electron chi connectivity index (χ0n) is 22.7. The molecule has 0 radical (unpaired) electrons. The number of nitrogens with zero attached hydrogens (tertiary/aromatic N) is 3. The van der Waals surface area contributed by atoms with Gasteiger partial charge in [0, 0.05) is 24.1 Å². The second-order valence-electron chi connectivity index (χ2n) is 11.1. The van der Waals surface area contributed by atoms with Crippen LogP contribution in [0.25, 0.3) is 5.69 Å². The van der Waals surface area contributed by atoms with Crippen LogP contribution in [-0.4, -0.2) is 53.1 Å². The summed E-state index contributed by atoms with van der Waals surface area (Å²) in [6, 6.07) is 8.27. The van der Waals surface area contributed by atoms with E-state index in [0.29, 0.717) is 12.4 Å². The van der Waals surface area contributed by atoms with E-state index in [1.54, 1.807) is 28.0 Å². The number of thiophene rings is 1. The molecule has 2 amide bonds. The Morgan fingerprint density at radius 1 is 1.24 bits per heavy atom. The van der Waals surface area contributed by atoms with Crippen LogP contribution in [0.1, 0.15) is 66.8 Å². The highest BCUT2D eigenvalue weighted by atomic mass is 32.2. The van der Waals surface area contributed by atoms with E-state index in [4.69, 9.17) is 9.84 Å². The molecule has 1 fully saturated rings. The van der Waals surface area contributed by atoms with Crippen molar-refractivity contribution in [2.45, 2.75) is 64.2 Å². The fourth-order valence-electron chi connectivity index (χ4n) is 5.13. The van der Waals surface area contributed by atoms with E-state index in [0.717, 1.165) is 53.1 Å². The van der Waals surface area contributed by atoms with Crippen molar-refractivity contribution in [1.82, 2.24) is 15.1 Å². The number of ether oxygens (including phenoxy) is 1. The summed E-state index contributed by atoms with van der Waals surface area (Å²) in [6.45, 7) is 11.8. The number of hydrogen-bond donors (Lipinski definition) is 1. The maximum Gasteiger partial charge on any atom is 0.240 e. The van der Waals surface area contributed by atoms with Crippen molar-refractivity contribution in [3.63, 3.8) is 0 Å². The molecule has 0 spiro atoms. The Labute approximate surface area is 232 Å². The van der Waals surface area contributed by atoms with Gasteiger partial charge in [0.1, 0.15) is 12.4 Å². The molecule has 2 atom stereocenters. The van der Waals surface area contributed by atoms with E-state index in [2.05, 4.69) is 62.8 Å². The second-order valence-corrected chi connectivity index (χ2v) is 13.0. The molecule has 202 valence electrons. The lowest BCUT2D eigenvalue weighted by Gasteiger charge is -2.25. The van der Waals surface area contributed by atoms with Crippen molar-refractivity contribution in [3.8, 4) is 5.69 Å². The summed E-state index contributed by atoms with van der Waals surface area (Å²) in [7, 11) is 0. The average Bonchev–Trinajstić information content (AvgIpc) is 3.63. The maximum atomic E-state index is 13.7. The van der Waals surface area contributed by atoms with Gasteiger partial charge in [0.15, 0.2) is 0 Å². The van der Waals surface area contributed by atoms with Gasteiger partial charge in [-0.3, -0.25) is 14.5 Å². The molecule has 3 aromatic rings. The third kappa shape index (κ3) is 5.28. The lowest BCUT2D eigenvalue weighted by molar-refractivity contribution is -0.123. The zero-order chi connectivity index (χ0) is 27.0. The summed E-state index contributed by atoms with van der Waals surface area (Å²) in [5.74, 6) is 0.699. The number of aromatic nitrogens is 2. The van der Waals surface area contributed by atoms with Gasteiger partial charge in [-0.1, -0.05) is 32.9 Å².